The summed E-state index contributed by atoms with van der Waals surface area (Å²) in [6, 6.07) is 14.0. The Morgan fingerprint density at radius 1 is 1.00 bits per heavy atom. The molecule has 0 aliphatic carbocycles. The van der Waals surface area contributed by atoms with Crippen LogP contribution in [0.4, 0.5) is 20.2 Å². The second-order valence-corrected chi connectivity index (χ2v) is 12.5. The number of hydrogen-bond donors (Lipinski definition) is 2. The molecule has 1 aliphatic rings. The van der Waals surface area contributed by atoms with Gasteiger partial charge in [0.25, 0.3) is 6.43 Å². The number of hydrogen-bond acceptors (Lipinski definition) is 5. The third-order valence-electron chi connectivity index (χ3n) is 7.94. The fraction of sp³-hybridized carbons (Fsp3) is 0.355. The van der Waals surface area contributed by atoms with E-state index in [1.165, 1.54) is 6.07 Å². The fourth-order valence-corrected chi connectivity index (χ4v) is 5.93. The number of nitrogen functional groups attached to an aromatic ring is 1. The molecule has 1 aliphatic heterocycles. The molecule has 0 bridgehead atoms. The first-order chi connectivity index (χ1) is 19.2. The van der Waals surface area contributed by atoms with Gasteiger partial charge in [-0.1, -0.05) is 32.9 Å². The average Bonchev–Trinajstić information content (AvgIpc) is 3.37. The zero-order chi connectivity index (χ0) is 29.6. The van der Waals surface area contributed by atoms with Gasteiger partial charge in [-0.05, 0) is 54.4 Å². The number of benzene rings is 3. The van der Waals surface area contributed by atoms with Crippen molar-refractivity contribution in [3.63, 3.8) is 0 Å². The molecule has 0 amide bonds. The van der Waals surface area contributed by atoms with Gasteiger partial charge in [-0.25, -0.2) is 18.6 Å². The van der Waals surface area contributed by atoms with E-state index in [2.05, 4.69) is 0 Å². The van der Waals surface area contributed by atoms with E-state index in [-0.39, 0.29) is 11.3 Å². The number of anilines is 2. The summed E-state index contributed by atoms with van der Waals surface area (Å²) in [6.07, 6.45) is -2.72. The van der Waals surface area contributed by atoms with Crippen molar-refractivity contribution in [1.82, 2.24) is 18.7 Å². The van der Waals surface area contributed by atoms with E-state index in [4.69, 9.17) is 10.7 Å². The quantitative estimate of drug-likeness (QED) is 0.292. The molecule has 1 saturated heterocycles. The molecule has 0 spiro atoms. The van der Waals surface area contributed by atoms with Gasteiger partial charge in [-0.3, -0.25) is 13.7 Å². The van der Waals surface area contributed by atoms with Gasteiger partial charge in [0.15, 0.2) is 0 Å². The SMILES string of the molecule is Cn1c(=O)n(C)c2c(N3CC(C)(O)C3)cc(-n3c(C(C)(C)C)nc4cc(-c5ccc(N)cc5)c(C(F)F)cc43)cc21. The maximum absolute atomic E-state index is 14.6. The van der Waals surface area contributed by atoms with Gasteiger partial charge in [0.2, 0.25) is 0 Å². The Morgan fingerprint density at radius 2 is 1.66 bits per heavy atom. The molecule has 5 aromatic rings. The minimum atomic E-state index is -2.72. The van der Waals surface area contributed by atoms with Gasteiger partial charge in [0.1, 0.15) is 5.82 Å². The average molecular weight is 561 g/mol. The van der Waals surface area contributed by atoms with E-state index < -0.39 is 17.4 Å². The third-order valence-corrected chi connectivity index (χ3v) is 7.94. The molecule has 1 fully saturated rings. The van der Waals surface area contributed by atoms with Crippen molar-refractivity contribution in [3.05, 3.63) is 70.4 Å². The zero-order valence-electron chi connectivity index (χ0n) is 24.0. The highest BCUT2D eigenvalue weighted by Gasteiger charge is 2.38. The number of β-amino-alcohol motifs (C(OH)–C–C–N with tert-alkyl or cyclic N) is 1. The smallest absolute Gasteiger partial charge is 0.328 e. The predicted octanol–water partition coefficient (Wildman–Crippen LogP) is 5.27. The summed E-state index contributed by atoms with van der Waals surface area (Å²) in [6.45, 7) is 8.69. The number of nitrogens with zero attached hydrogens (tertiary/aromatic N) is 5. The molecule has 3 aromatic carbocycles. The first kappa shape index (κ1) is 27.0. The van der Waals surface area contributed by atoms with Gasteiger partial charge in [0, 0.05) is 43.9 Å². The Bertz CT molecular complexity index is 1880. The Balaban J connectivity index is 1.67. The summed E-state index contributed by atoms with van der Waals surface area (Å²) in [7, 11) is 3.45. The zero-order valence-corrected chi connectivity index (χ0v) is 24.0. The van der Waals surface area contributed by atoms with Crippen molar-refractivity contribution in [2.75, 3.05) is 23.7 Å². The van der Waals surface area contributed by atoms with E-state index in [1.807, 2.05) is 42.4 Å². The normalized spacial score (nSPS) is 15.3. The lowest BCUT2D eigenvalue weighted by Crippen LogP contribution is -2.60. The van der Waals surface area contributed by atoms with Crippen molar-refractivity contribution in [2.24, 2.45) is 14.1 Å². The number of alkyl halides is 2. The molecule has 2 aromatic heterocycles. The molecule has 3 N–H and O–H groups in total. The molecule has 0 unspecified atom stereocenters. The number of fused-ring (bicyclic) bond motifs is 2. The highest BCUT2D eigenvalue weighted by molar-refractivity contribution is 5.94. The lowest BCUT2D eigenvalue weighted by atomic mass is 9.94. The molecule has 0 radical (unpaired) electrons. The van der Waals surface area contributed by atoms with Gasteiger partial charge in [0.05, 0.1) is 39.0 Å². The molecule has 6 rings (SSSR count). The van der Waals surface area contributed by atoms with E-state index >= 15 is 0 Å². The molecule has 10 heteroatoms. The van der Waals surface area contributed by atoms with Crippen molar-refractivity contribution in [1.29, 1.82) is 0 Å². The number of halogens is 2. The summed E-state index contributed by atoms with van der Waals surface area (Å²) in [5.41, 5.74) is 9.96. The summed E-state index contributed by atoms with van der Waals surface area (Å²) in [4.78, 5) is 20.0. The lowest BCUT2D eigenvalue weighted by molar-refractivity contribution is 0.0312. The maximum Gasteiger partial charge on any atom is 0.328 e. The number of aromatic nitrogens is 4. The standard InChI is InChI=1S/C31H34F2N6O2/c1-30(2,3)28-35-22-13-20(17-7-9-18(34)10-8-17)21(27(32)33)14-23(22)39(28)19-11-24-26(37(6)29(40)36(24)5)25(12-19)38-15-31(4,41)16-38/h7-14,27,41H,15-16,34H2,1-6H3. The van der Waals surface area contributed by atoms with Crippen molar-refractivity contribution in [2.45, 2.75) is 45.1 Å². The summed E-state index contributed by atoms with van der Waals surface area (Å²) in [5, 5.41) is 10.5. The van der Waals surface area contributed by atoms with Crippen LogP contribution < -0.4 is 16.3 Å². The maximum atomic E-state index is 14.6. The number of nitrogens with two attached hydrogens (primary N) is 1. The Morgan fingerprint density at radius 3 is 2.24 bits per heavy atom. The van der Waals surface area contributed by atoms with Crippen molar-refractivity contribution < 1.29 is 13.9 Å². The van der Waals surface area contributed by atoms with Crippen LogP contribution >= 0.6 is 0 Å². The van der Waals surface area contributed by atoms with Gasteiger partial charge < -0.3 is 15.7 Å². The van der Waals surface area contributed by atoms with Crippen LogP contribution in [0.2, 0.25) is 0 Å². The van der Waals surface area contributed by atoms with Crippen molar-refractivity contribution in [3.8, 4) is 16.8 Å². The van der Waals surface area contributed by atoms with Gasteiger partial charge in [-0.2, -0.15) is 0 Å². The van der Waals surface area contributed by atoms with Crippen LogP contribution in [0, 0.1) is 0 Å². The highest BCUT2D eigenvalue weighted by Crippen LogP contribution is 2.40. The molecule has 0 saturated carbocycles. The fourth-order valence-electron chi connectivity index (χ4n) is 5.93. The molecule has 0 atom stereocenters. The van der Waals surface area contributed by atoms with Gasteiger partial charge >= 0.3 is 5.69 Å². The second kappa shape index (κ2) is 8.91. The molecular weight excluding hydrogens is 526 g/mol. The summed E-state index contributed by atoms with van der Waals surface area (Å²) in [5.74, 6) is 0.698. The lowest BCUT2D eigenvalue weighted by Gasteiger charge is -2.46. The number of aliphatic hydroxyl groups is 1. The van der Waals surface area contributed by atoms with E-state index in [1.54, 1.807) is 60.5 Å². The van der Waals surface area contributed by atoms with Crippen LogP contribution in [-0.4, -0.2) is 42.5 Å². The summed E-state index contributed by atoms with van der Waals surface area (Å²) >= 11 is 0. The first-order valence-electron chi connectivity index (χ1n) is 13.5. The predicted molar refractivity (Wildman–Crippen MR) is 159 cm³/mol. The molecule has 214 valence electrons. The molecule has 3 heterocycles. The van der Waals surface area contributed by atoms with Crippen LogP contribution in [0.25, 0.3) is 38.9 Å². The molecule has 8 nitrogen and oxygen atoms in total. The van der Waals surface area contributed by atoms with E-state index in [0.29, 0.717) is 58.0 Å². The molecule has 41 heavy (non-hydrogen) atoms. The first-order valence-corrected chi connectivity index (χ1v) is 13.5. The minimum Gasteiger partial charge on any atom is -0.399 e. The van der Waals surface area contributed by atoms with Crippen LogP contribution in [0.5, 0.6) is 0 Å². The van der Waals surface area contributed by atoms with Crippen molar-refractivity contribution >= 4 is 33.4 Å². The van der Waals surface area contributed by atoms with Crippen LogP contribution in [-0.2, 0) is 19.5 Å². The summed E-state index contributed by atoms with van der Waals surface area (Å²) < 4.78 is 34.3. The largest absolute Gasteiger partial charge is 0.399 e. The van der Waals surface area contributed by atoms with Gasteiger partial charge in [-0.15, -0.1) is 0 Å². The number of aryl methyl sites for hydroxylation is 2. The molecular formula is C31H34F2N6O2. The van der Waals surface area contributed by atoms with E-state index in [0.717, 1.165) is 11.2 Å². The highest BCUT2D eigenvalue weighted by atomic mass is 19.3. The third kappa shape index (κ3) is 4.28. The second-order valence-electron chi connectivity index (χ2n) is 12.5. The minimum absolute atomic E-state index is 0.101. The monoisotopic (exact) mass is 560 g/mol. The van der Waals surface area contributed by atoms with Crippen LogP contribution in [0.1, 0.15) is 45.5 Å². The Labute approximate surface area is 236 Å². The Hall–Kier alpha value is -4.18. The topological polar surface area (TPSA) is 94.2 Å². The van der Waals surface area contributed by atoms with Crippen LogP contribution in [0.15, 0.2) is 53.3 Å². The Kier molecular flexibility index (Phi) is 5.87. The van der Waals surface area contributed by atoms with E-state index in [9.17, 15) is 18.7 Å². The van der Waals surface area contributed by atoms with Crippen LogP contribution in [0.3, 0.4) is 0 Å². The number of imidazole rings is 2. The number of rotatable bonds is 4.